The Hall–Kier alpha value is -2.15. The molecule has 0 aliphatic carbocycles. The van der Waals surface area contributed by atoms with Gasteiger partial charge in [0.25, 0.3) is 0 Å². The lowest BCUT2D eigenvalue weighted by Gasteiger charge is -1.99. The molecule has 1 rings (SSSR count). The third-order valence-electron chi connectivity index (χ3n) is 1.49. The molecule has 7 heteroatoms. The molecule has 1 aromatic carbocycles. The Morgan fingerprint density at radius 3 is 1.94 bits per heavy atom. The summed E-state index contributed by atoms with van der Waals surface area (Å²) in [7, 11) is 0. The summed E-state index contributed by atoms with van der Waals surface area (Å²) in [6.45, 7) is 2.78. The summed E-state index contributed by atoms with van der Waals surface area (Å²) in [5.74, 6) is -0.151. The van der Waals surface area contributed by atoms with Crippen LogP contribution in [0.4, 0.5) is 5.69 Å². The standard InChI is InChI=1S/C8H9NO2.C3H6N2OS/c1-6(10)9-7-2-4-8(11)5-3-7;1-2(6)5-3(4)7/h2-5,11H,1H3,(H,9,10);1H3,(H3,4,5,6,7). The maximum atomic E-state index is 10.5. The first-order valence-electron chi connectivity index (χ1n) is 4.95. The summed E-state index contributed by atoms with van der Waals surface area (Å²) < 4.78 is 0. The summed E-state index contributed by atoms with van der Waals surface area (Å²) in [5, 5.41) is 13.7. The SMILES string of the molecule is CC(=O)NC(N)=S.CC(=O)Nc1ccc(O)cc1. The van der Waals surface area contributed by atoms with E-state index in [1.165, 1.54) is 26.0 Å². The minimum absolute atomic E-state index is 0.0208. The Kier molecular flexibility index (Phi) is 7.06. The van der Waals surface area contributed by atoms with Gasteiger partial charge in [-0.05, 0) is 36.5 Å². The lowest BCUT2D eigenvalue weighted by Crippen LogP contribution is -2.32. The van der Waals surface area contributed by atoms with Gasteiger partial charge in [-0.2, -0.15) is 0 Å². The summed E-state index contributed by atoms with van der Waals surface area (Å²) in [6.07, 6.45) is 0. The molecule has 0 bridgehead atoms. The molecule has 0 saturated carbocycles. The molecule has 0 aliphatic heterocycles. The van der Waals surface area contributed by atoms with Crippen LogP contribution in [-0.2, 0) is 9.59 Å². The molecule has 5 N–H and O–H groups in total. The number of nitrogens with one attached hydrogen (secondary N) is 2. The topological polar surface area (TPSA) is 104 Å². The summed E-state index contributed by atoms with van der Waals surface area (Å²) in [6, 6.07) is 6.31. The highest BCUT2D eigenvalue weighted by molar-refractivity contribution is 7.80. The van der Waals surface area contributed by atoms with Gasteiger partial charge >= 0.3 is 0 Å². The molecule has 0 saturated heterocycles. The van der Waals surface area contributed by atoms with Gasteiger partial charge in [0, 0.05) is 19.5 Å². The number of hydrogen-bond donors (Lipinski definition) is 4. The van der Waals surface area contributed by atoms with Gasteiger partial charge in [0.05, 0.1) is 0 Å². The molecular weight excluding hydrogens is 254 g/mol. The van der Waals surface area contributed by atoms with Crippen LogP contribution < -0.4 is 16.4 Å². The zero-order valence-corrected chi connectivity index (χ0v) is 10.9. The maximum absolute atomic E-state index is 10.5. The van der Waals surface area contributed by atoms with Crippen molar-refractivity contribution in [1.82, 2.24) is 5.32 Å². The zero-order chi connectivity index (χ0) is 14.1. The highest BCUT2D eigenvalue weighted by Crippen LogP contribution is 2.13. The van der Waals surface area contributed by atoms with Crippen molar-refractivity contribution in [2.75, 3.05) is 5.32 Å². The Morgan fingerprint density at radius 2 is 1.67 bits per heavy atom. The second-order valence-corrected chi connectivity index (χ2v) is 3.71. The number of phenolic OH excluding ortho intramolecular Hbond substituents is 1. The molecule has 1 aromatic rings. The minimum Gasteiger partial charge on any atom is -0.508 e. The van der Waals surface area contributed by atoms with Crippen molar-refractivity contribution in [2.24, 2.45) is 5.73 Å². The molecule has 98 valence electrons. The zero-order valence-electron chi connectivity index (χ0n) is 10.1. The summed E-state index contributed by atoms with van der Waals surface area (Å²) >= 11 is 4.32. The molecule has 0 unspecified atom stereocenters. The summed E-state index contributed by atoms with van der Waals surface area (Å²) in [5.41, 5.74) is 5.58. The van der Waals surface area contributed by atoms with E-state index in [0.717, 1.165) is 0 Å². The number of phenols is 1. The van der Waals surface area contributed by atoms with Crippen LogP contribution in [0.3, 0.4) is 0 Å². The molecule has 0 atom stereocenters. The largest absolute Gasteiger partial charge is 0.508 e. The minimum atomic E-state index is -0.229. The van der Waals surface area contributed by atoms with E-state index in [2.05, 4.69) is 22.9 Å². The smallest absolute Gasteiger partial charge is 0.222 e. The van der Waals surface area contributed by atoms with Crippen LogP contribution >= 0.6 is 12.2 Å². The van der Waals surface area contributed by atoms with E-state index in [-0.39, 0.29) is 22.7 Å². The number of hydrogen-bond acceptors (Lipinski definition) is 4. The van der Waals surface area contributed by atoms with Crippen molar-refractivity contribution in [3.63, 3.8) is 0 Å². The highest BCUT2D eigenvalue weighted by atomic mass is 32.1. The number of aromatic hydroxyl groups is 1. The van der Waals surface area contributed by atoms with Gasteiger partial charge in [0.1, 0.15) is 5.75 Å². The van der Waals surface area contributed by atoms with E-state index in [1.807, 2.05) is 0 Å². The van der Waals surface area contributed by atoms with Crippen molar-refractivity contribution in [3.05, 3.63) is 24.3 Å². The van der Waals surface area contributed by atoms with Crippen LogP contribution in [0.2, 0.25) is 0 Å². The fourth-order valence-electron chi connectivity index (χ4n) is 0.922. The fourth-order valence-corrected chi connectivity index (χ4v) is 1.07. The molecule has 0 radical (unpaired) electrons. The van der Waals surface area contributed by atoms with Gasteiger partial charge in [-0.1, -0.05) is 0 Å². The van der Waals surface area contributed by atoms with Gasteiger partial charge in [0.15, 0.2) is 5.11 Å². The molecular formula is C11H15N3O3S. The van der Waals surface area contributed by atoms with Gasteiger partial charge < -0.3 is 21.5 Å². The molecule has 0 aliphatic rings. The third kappa shape index (κ3) is 9.10. The second-order valence-electron chi connectivity index (χ2n) is 3.27. The van der Waals surface area contributed by atoms with Crippen molar-refractivity contribution in [3.8, 4) is 5.75 Å². The number of benzene rings is 1. The molecule has 0 heterocycles. The van der Waals surface area contributed by atoms with Crippen LogP contribution in [0, 0.1) is 0 Å². The molecule has 0 fully saturated rings. The predicted molar refractivity (Wildman–Crippen MR) is 73.0 cm³/mol. The van der Waals surface area contributed by atoms with E-state index < -0.39 is 0 Å². The van der Waals surface area contributed by atoms with Crippen LogP contribution in [0.5, 0.6) is 5.75 Å². The van der Waals surface area contributed by atoms with Crippen molar-refractivity contribution >= 4 is 34.8 Å². The first-order chi connectivity index (χ1) is 8.31. The van der Waals surface area contributed by atoms with Gasteiger partial charge in [-0.3, -0.25) is 9.59 Å². The first-order valence-corrected chi connectivity index (χ1v) is 5.35. The van der Waals surface area contributed by atoms with Crippen molar-refractivity contribution in [2.45, 2.75) is 13.8 Å². The molecule has 0 spiro atoms. The average molecular weight is 269 g/mol. The van der Waals surface area contributed by atoms with Gasteiger partial charge in [-0.15, -0.1) is 0 Å². The number of carbonyl (C=O) groups excluding carboxylic acids is 2. The monoisotopic (exact) mass is 269 g/mol. The van der Waals surface area contributed by atoms with Gasteiger partial charge in [-0.25, -0.2) is 0 Å². The predicted octanol–water partition coefficient (Wildman–Crippen LogP) is 0.717. The normalized spacial score (nSPS) is 8.56. The van der Waals surface area contributed by atoms with E-state index in [0.29, 0.717) is 5.69 Å². The molecule has 0 aromatic heterocycles. The van der Waals surface area contributed by atoms with Gasteiger partial charge in [0.2, 0.25) is 11.8 Å². The Morgan fingerprint density at radius 1 is 1.17 bits per heavy atom. The number of carbonyl (C=O) groups is 2. The van der Waals surface area contributed by atoms with Crippen LogP contribution in [0.25, 0.3) is 0 Å². The lowest BCUT2D eigenvalue weighted by atomic mass is 10.3. The van der Waals surface area contributed by atoms with Crippen molar-refractivity contribution in [1.29, 1.82) is 0 Å². The quantitative estimate of drug-likeness (QED) is 0.444. The average Bonchev–Trinajstić information content (AvgIpc) is 2.19. The second kappa shape index (κ2) is 8.02. The maximum Gasteiger partial charge on any atom is 0.222 e. The third-order valence-corrected chi connectivity index (χ3v) is 1.59. The van der Waals surface area contributed by atoms with Crippen LogP contribution in [0.15, 0.2) is 24.3 Å². The van der Waals surface area contributed by atoms with Crippen LogP contribution in [-0.4, -0.2) is 22.0 Å². The molecule has 18 heavy (non-hydrogen) atoms. The van der Waals surface area contributed by atoms with Crippen LogP contribution in [0.1, 0.15) is 13.8 Å². The first kappa shape index (κ1) is 15.9. The number of rotatable bonds is 1. The van der Waals surface area contributed by atoms with E-state index in [1.54, 1.807) is 12.1 Å². The van der Waals surface area contributed by atoms with E-state index in [9.17, 15) is 9.59 Å². The Labute approximate surface area is 110 Å². The number of nitrogens with two attached hydrogens (primary N) is 1. The molecule has 6 nitrogen and oxygen atoms in total. The van der Waals surface area contributed by atoms with E-state index >= 15 is 0 Å². The Bertz CT molecular complexity index is 420. The fraction of sp³-hybridized carbons (Fsp3) is 0.182. The molecule has 2 amide bonds. The number of thiocarbonyl (C=S) groups is 1. The van der Waals surface area contributed by atoms with E-state index in [4.69, 9.17) is 10.8 Å². The Balaban J connectivity index is 0.000000360. The summed E-state index contributed by atoms with van der Waals surface area (Å²) in [4.78, 5) is 20.5. The highest BCUT2D eigenvalue weighted by Gasteiger charge is 1.93. The number of anilines is 1. The lowest BCUT2D eigenvalue weighted by molar-refractivity contribution is -0.117. The number of amides is 2. The van der Waals surface area contributed by atoms with Crippen molar-refractivity contribution < 1.29 is 14.7 Å².